The van der Waals surface area contributed by atoms with E-state index >= 15 is 0 Å². The number of rotatable bonds is 5. The molecule has 0 fully saturated rings. The number of hydrogen-bond acceptors (Lipinski definition) is 4. The van der Waals surface area contributed by atoms with Gasteiger partial charge in [-0.3, -0.25) is 0 Å². The largest absolute Gasteiger partial charge is 0.459 e. The lowest BCUT2D eigenvalue weighted by Crippen LogP contribution is -2.08. The molecule has 0 aliphatic carbocycles. The second-order valence-electron chi connectivity index (χ2n) is 4.35. The van der Waals surface area contributed by atoms with Crippen molar-refractivity contribution in [2.45, 2.75) is 6.18 Å². The van der Waals surface area contributed by atoms with Crippen molar-refractivity contribution in [1.29, 1.82) is 0 Å². The van der Waals surface area contributed by atoms with E-state index in [-0.39, 0.29) is 23.7 Å². The third-order valence-corrected chi connectivity index (χ3v) is 3.96. The second-order valence-corrected chi connectivity index (χ2v) is 5.40. The lowest BCUT2D eigenvalue weighted by Gasteiger charge is -2.07. The van der Waals surface area contributed by atoms with Crippen LogP contribution in [-0.4, -0.2) is 26.3 Å². The smallest absolute Gasteiger partial charge is 0.426 e. The quantitative estimate of drug-likeness (QED) is 0.608. The van der Waals surface area contributed by atoms with E-state index in [2.05, 4.69) is 0 Å². The third-order valence-electron chi connectivity index (χ3n) is 2.80. The maximum absolute atomic E-state index is 13.2. The van der Waals surface area contributed by atoms with E-state index in [0.717, 1.165) is 0 Å². The van der Waals surface area contributed by atoms with Crippen molar-refractivity contribution in [3.05, 3.63) is 46.2 Å². The Kier molecular flexibility index (Phi) is 5.20. The summed E-state index contributed by atoms with van der Waals surface area (Å²) in [5.41, 5.74) is 0.388. The first-order valence-corrected chi connectivity index (χ1v) is 7.17. The Bertz CT molecular complexity index is 635. The van der Waals surface area contributed by atoms with E-state index in [0.29, 0.717) is 16.9 Å². The van der Waals surface area contributed by atoms with Gasteiger partial charge in [0.1, 0.15) is 16.4 Å². The maximum atomic E-state index is 13.2. The second kappa shape index (κ2) is 6.93. The van der Waals surface area contributed by atoms with Crippen LogP contribution >= 0.6 is 11.3 Å². The molecule has 2 rings (SSSR count). The van der Waals surface area contributed by atoms with Crippen LogP contribution in [0.25, 0.3) is 11.1 Å². The molecular weight excluding hydrogens is 317 g/mol. The van der Waals surface area contributed by atoms with Crippen molar-refractivity contribution in [2.24, 2.45) is 0 Å². The molecule has 0 saturated heterocycles. The number of alkyl halides is 3. The number of hydrogen-bond donors (Lipinski definition) is 0. The molecule has 0 unspecified atom stereocenters. The Labute approximate surface area is 129 Å². The van der Waals surface area contributed by atoms with E-state index in [1.54, 1.807) is 30.3 Å². The Morgan fingerprint density at radius 2 is 1.86 bits per heavy atom. The minimum Gasteiger partial charge on any atom is -0.459 e. The maximum Gasteiger partial charge on any atom is 0.426 e. The van der Waals surface area contributed by atoms with E-state index in [9.17, 15) is 18.0 Å². The Morgan fingerprint density at radius 1 is 1.18 bits per heavy atom. The average molecular weight is 330 g/mol. The molecule has 0 spiro atoms. The van der Waals surface area contributed by atoms with Crippen LogP contribution in [0.2, 0.25) is 0 Å². The van der Waals surface area contributed by atoms with Gasteiger partial charge in [0.2, 0.25) is 0 Å². The van der Waals surface area contributed by atoms with Gasteiger partial charge in [0.05, 0.1) is 6.61 Å². The first-order valence-electron chi connectivity index (χ1n) is 6.36. The number of thiophene rings is 1. The fourth-order valence-electron chi connectivity index (χ4n) is 1.82. The highest BCUT2D eigenvalue weighted by Gasteiger charge is 2.37. The first kappa shape index (κ1) is 16.5. The molecule has 22 heavy (non-hydrogen) atoms. The van der Waals surface area contributed by atoms with Gasteiger partial charge in [0.25, 0.3) is 0 Å². The average Bonchev–Trinajstić information content (AvgIpc) is 2.94. The molecule has 0 bridgehead atoms. The van der Waals surface area contributed by atoms with Crippen molar-refractivity contribution in [1.82, 2.24) is 0 Å². The van der Waals surface area contributed by atoms with Crippen LogP contribution in [-0.2, 0) is 15.7 Å². The summed E-state index contributed by atoms with van der Waals surface area (Å²) in [7, 11) is 1.44. The number of carbonyl (C=O) groups is 1. The highest BCUT2D eigenvalue weighted by Crippen LogP contribution is 2.42. The summed E-state index contributed by atoms with van der Waals surface area (Å²) in [6.07, 6.45) is -4.53. The predicted octanol–water partition coefficient (Wildman–Crippen LogP) is 4.24. The summed E-state index contributed by atoms with van der Waals surface area (Å²) < 4.78 is 49.1. The molecule has 0 aliphatic heterocycles. The predicted molar refractivity (Wildman–Crippen MR) is 76.9 cm³/mol. The topological polar surface area (TPSA) is 35.5 Å². The summed E-state index contributed by atoms with van der Waals surface area (Å²) in [6, 6.07) is 9.35. The fraction of sp³-hybridized carbons (Fsp3) is 0.267. The summed E-state index contributed by atoms with van der Waals surface area (Å²) in [4.78, 5) is 10.9. The fourth-order valence-corrected chi connectivity index (χ4v) is 2.76. The summed E-state index contributed by atoms with van der Waals surface area (Å²) in [6.45, 7) is 0.185. The Balaban J connectivity index is 2.35. The lowest BCUT2D eigenvalue weighted by atomic mass is 10.1. The van der Waals surface area contributed by atoms with Gasteiger partial charge in [-0.1, -0.05) is 30.3 Å². The molecule has 1 heterocycles. The molecule has 3 nitrogen and oxygen atoms in total. The SMILES string of the molecule is COCCOC(=O)c1cc(-c2ccccc2)c(C(F)(F)F)s1. The summed E-state index contributed by atoms with van der Waals surface area (Å²) in [5, 5.41) is 0. The van der Waals surface area contributed by atoms with Crippen LogP contribution in [0.3, 0.4) is 0 Å². The van der Waals surface area contributed by atoms with Crippen molar-refractivity contribution in [3.8, 4) is 11.1 Å². The van der Waals surface area contributed by atoms with E-state index < -0.39 is 17.0 Å². The van der Waals surface area contributed by atoms with Gasteiger partial charge >= 0.3 is 12.1 Å². The minimum atomic E-state index is -4.53. The molecule has 0 N–H and O–H groups in total. The third kappa shape index (κ3) is 3.86. The normalized spacial score (nSPS) is 11.5. The van der Waals surface area contributed by atoms with Crippen LogP contribution < -0.4 is 0 Å². The number of methoxy groups -OCH3 is 1. The highest BCUT2D eigenvalue weighted by molar-refractivity contribution is 7.14. The van der Waals surface area contributed by atoms with Crippen LogP contribution in [0.5, 0.6) is 0 Å². The first-order chi connectivity index (χ1) is 10.4. The number of benzene rings is 1. The molecule has 0 saturated carbocycles. The van der Waals surface area contributed by atoms with Gasteiger partial charge in [-0.15, -0.1) is 11.3 Å². The molecule has 0 amide bonds. The number of carbonyl (C=O) groups excluding carboxylic acids is 1. The number of esters is 1. The molecule has 1 aromatic carbocycles. The van der Waals surface area contributed by atoms with Gasteiger partial charge in [0, 0.05) is 12.7 Å². The zero-order valence-corrected chi connectivity index (χ0v) is 12.5. The summed E-state index contributed by atoms with van der Waals surface area (Å²) >= 11 is 0.387. The van der Waals surface area contributed by atoms with Gasteiger partial charge in [0.15, 0.2) is 0 Å². The van der Waals surface area contributed by atoms with Gasteiger partial charge in [-0.05, 0) is 11.6 Å². The highest BCUT2D eigenvalue weighted by atomic mass is 32.1. The van der Waals surface area contributed by atoms with Crippen LogP contribution in [0, 0.1) is 0 Å². The van der Waals surface area contributed by atoms with Crippen LogP contribution in [0.15, 0.2) is 36.4 Å². The molecular formula is C15H13F3O3S. The number of ether oxygens (including phenoxy) is 2. The van der Waals surface area contributed by atoms with E-state index in [1.807, 2.05) is 0 Å². The van der Waals surface area contributed by atoms with Crippen LogP contribution in [0.4, 0.5) is 13.2 Å². The molecule has 2 aromatic rings. The Hall–Kier alpha value is -1.86. The molecule has 7 heteroatoms. The van der Waals surface area contributed by atoms with Crippen molar-refractivity contribution < 1.29 is 27.4 Å². The zero-order chi connectivity index (χ0) is 16.2. The standard InChI is InChI=1S/C15H13F3O3S/c1-20-7-8-21-14(19)12-9-11(10-5-3-2-4-6-10)13(22-12)15(16,17)18/h2-6,9H,7-8H2,1H3. The molecule has 1 aromatic heterocycles. The van der Waals surface area contributed by atoms with Crippen LogP contribution in [0.1, 0.15) is 14.5 Å². The van der Waals surface area contributed by atoms with Gasteiger partial charge in [-0.2, -0.15) is 13.2 Å². The number of halogens is 3. The van der Waals surface area contributed by atoms with E-state index in [4.69, 9.17) is 9.47 Å². The molecule has 0 aliphatic rings. The van der Waals surface area contributed by atoms with E-state index in [1.165, 1.54) is 13.2 Å². The summed E-state index contributed by atoms with van der Waals surface area (Å²) in [5.74, 6) is -0.783. The lowest BCUT2D eigenvalue weighted by molar-refractivity contribution is -0.133. The van der Waals surface area contributed by atoms with Gasteiger partial charge < -0.3 is 9.47 Å². The van der Waals surface area contributed by atoms with Crippen molar-refractivity contribution in [3.63, 3.8) is 0 Å². The van der Waals surface area contributed by atoms with Gasteiger partial charge in [-0.25, -0.2) is 4.79 Å². The zero-order valence-electron chi connectivity index (χ0n) is 11.6. The molecule has 118 valence electrons. The minimum absolute atomic E-state index is 0.00471. The molecule has 0 atom stereocenters. The van der Waals surface area contributed by atoms with Crippen molar-refractivity contribution in [2.75, 3.05) is 20.3 Å². The molecule has 0 radical (unpaired) electrons. The Morgan fingerprint density at radius 3 is 2.45 bits per heavy atom. The van der Waals surface area contributed by atoms with Crippen molar-refractivity contribution >= 4 is 17.3 Å². The monoisotopic (exact) mass is 330 g/mol.